The smallest absolute Gasteiger partial charge is 0.294 e. The molecule has 10 nitrogen and oxygen atoms in total. The topological polar surface area (TPSA) is 148 Å². The highest BCUT2D eigenvalue weighted by Crippen LogP contribution is 2.33. The maximum absolute atomic E-state index is 12.1. The minimum Gasteiger partial charge on any atom is -0.507 e. The number of hydrogen-bond acceptors (Lipinski definition) is 8. The van der Waals surface area contributed by atoms with Gasteiger partial charge in [-0.1, -0.05) is 12.1 Å². The number of phenols is 1. The number of aromatic hydroxyl groups is 1. The molecule has 27 heavy (non-hydrogen) atoms. The highest BCUT2D eigenvalue weighted by molar-refractivity contribution is 8.18. The molecule has 1 amide bonds. The Morgan fingerprint density at radius 1 is 1.11 bits per heavy atom. The normalized spacial score (nSPS) is 16.5. The fourth-order valence-electron chi connectivity index (χ4n) is 2.22. The van der Waals surface area contributed by atoms with Crippen LogP contribution in [0.3, 0.4) is 0 Å². The van der Waals surface area contributed by atoms with Crippen LogP contribution in [0.25, 0.3) is 6.08 Å². The highest BCUT2D eigenvalue weighted by atomic mass is 32.2. The minimum atomic E-state index is -0.620. The summed E-state index contributed by atoms with van der Waals surface area (Å²) in [5, 5.41) is 34.3. The van der Waals surface area contributed by atoms with Gasteiger partial charge in [-0.25, -0.2) is 4.99 Å². The van der Waals surface area contributed by atoms with Crippen molar-refractivity contribution in [1.82, 2.24) is 5.32 Å². The SMILES string of the molecule is O=C1NC(=Nc2ccccc2[N+](=O)[O-])S/C1=C\c1cc([N+](=O)[O-])ccc1O. The number of phenolic OH excluding ortho intramolecular Hbond substituents is 1. The number of non-ortho nitro benzene ring substituents is 1. The van der Waals surface area contributed by atoms with Crippen LogP contribution in [0.5, 0.6) is 5.75 Å². The zero-order valence-corrected chi connectivity index (χ0v) is 14.2. The van der Waals surface area contributed by atoms with Crippen molar-refractivity contribution in [2.24, 2.45) is 4.99 Å². The Labute approximate surface area is 155 Å². The van der Waals surface area contributed by atoms with E-state index in [0.29, 0.717) is 0 Å². The molecule has 0 saturated carbocycles. The minimum absolute atomic E-state index is 0.0738. The molecule has 0 aliphatic carbocycles. The van der Waals surface area contributed by atoms with Crippen molar-refractivity contribution in [3.63, 3.8) is 0 Å². The lowest BCUT2D eigenvalue weighted by Crippen LogP contribution is -2.19. The number of hydrogen-bond donors (Lipinski definition) is 2. The van der Waals surface area contributed by atoms with Gasteiger partial charge in [-0.3, -0.25) is 25.0 Å². The number of carbonyl (C=O) groups excluding carboxylic acids is 1. The number of carbonyl (C=O) groups is 1. The first-order valence-electron chi connectivity index (χ1n) is 7.35. The Morgan fingerprint density at radius 2 is 1.85 bits per heavy atom. The van der Waals surface area contributed by atoms with Crippen LogP contribution in [0, 0.1) is 20.2 Å². The van der Waals surface area contributed by atoms with Crippen molar-refractivity contribution in [2.75, 3.05) is 0 Å². The fourth-order valence-corrected chi connectivity index (χ4v) is 3.04. The van der Waals surface area contributed by atoms with Gasteiger partial charge in [0.1, 0.15) is 11.4 Å². The van der Waals surface area contributed by atoms with Crippen molar-refractivity contribution in [1.29, 1.82) is 0 Å². The highest BCUT2D eigenvalue weighted by Gasteiger charge is 2.25. The van der Waals surface area contributed by atoms with E-state index < -0.39 is 15.8 Å². The molecule has 0 aromatic heterocycles. The van der Waals surface area contributed by atoms with Gasteiger partial charge in [-0.2, -0.15) is 0 Å². The maximum Gasteiger partial charge on any atom is 0.294 e. The molecule has 0 radical (unpaired) electrons. The summed E-state index contributed by atoms with van der Waals surface area (Å²) in [6.45, 7) is 0. The molecular formula is C16H10N4O6S. The number of nitrogens with one attached hydrogen (secondary N) is 1. The van der Waals surface area contributed by atoms with Crippen LogP contribution in [-0.4, -0.2) is 26.0 Å². The standard InChI is InChI=1S/C16H10N4O6S/c21-13-6-5-10(19(23)24)7-9(13)8-14-15(22)18-16(27-14)17-11-3-1-2-4-12(11)20(25)26/h1-8,21H,(H,17,18,22)/b14-8-. The summed E-state index contributed by atoms with van der Waals surface area (Å²) in [5.74, 6) is -0.770. The van der Waals surface area contributed by atoms with Crippen molar-refractivity contribution >= 4 is 46.0 Å². The molecule has 2 aromatic rings. The summed E-state index contributed by atoms with van der Waals surface area (Å²) < 4.78 is 0. The number of nitro groups is 2. The van der Waals surface area contributed by atoms with Gasteiger partial charge in [0.15, 0.2) is 5.17 Å². The van der Waals surface area contributed by atoms with Gasteiger partial charge in [0.2, 0.25) is 0 Å². The Bertz CT molecular complexity index is 1030. The van der Waals surface area contributed by atoms with Crippen molar-refractivity contribution in [2.45, 2.75) is 0 Å². The second kappa shape index (κ2) is 7.25. The second-order valence-corrected chi connectivity index (χ2v) is 6.26. The Morgan fingerprint density at radius 3 is 2.56 bits per heavy atom. The molecule has 2 N–H and O–H groups in total. The predicted octanol–water partition coefficient (Wildman–Crippen LogP) is 3.10. The third-order valence-electron chi connectivity index (χ3n) is 3.46. The first-order valence-corrected chi connectivity index (χ1v) is 8.17. The van der Waals surface area contributed by atoms with E-state index >= 15 is 0 Å². The van der Waals surface area contributed by atoms with E-state index in [-0.39, 0.29) is 38.4 Å². The molecule has 0 bridgehead atoms. The molecule has 0 atom stereocenters. The number of nitro benzene ring substituents is 2. The van der Waals surface area contributed by atoms with E-state index in [4.69, 9.17) is 0 Å². The second-order valence-electron chi connectivity index (χ2n) is 5.23. The van der Waals surface area contributed by atoms with Crippen LogP contribution < -0.4 is 5.32 Å². The van der Waals surface area contributed by atoms with Crippen LogP contribution in [-0.2, 0) is 4.79 Å². The number of rotatable bonds is 4. The number of thioether (sulfide) groups is 1. The molecule has 136 valence electrons. The quantitative estimate of drug-likeness (QED) is 0.466. The van der Waals surface area contributed by atoms with Gasteiger partial charge in [-0.05, 0) is 30.0 Å². The van der Waals surface area contributed by atoms with E-state index in [9.17, 15) is 30.1 Å². The fraction of sp³-hybridized carbons (Fsp3) is 0. The largest absolute Gasteiger partial charge is 0.507 e. The maximum atomic E-state index is 12.1. The van der Waals surface area contributed by atoms with Gasteiger partial charge in [0, 0.05) is 23.8 Å². The summed E-state index contributed by atoms with van der Waals surface area (Å²) in [5.41, 5.74) is -0.288. The monoisotopic (exact) mass is 386 g/mol. The van der Waals surface area contributed by atoms with E-state index in [0.717, 1.165) is 30.0 Å². The van der Waals surface area contributed by atoms with E-state index in [1.807, 2.05) is 0 Å². The molecule has 1 aliphatic heterocycles. The zero-order valence-electron chi connectivity index (χ0n) is 13.4. The van der Waals surface area contributed by atoms with Gasteiger partial charge in [0.25, 0.3) is 17.3 Å². The third-order valence-corrected chi connectivity index (χ3v) is 4.37. The molecule has 0 unspecified atom stereocenters. The van der Waals surface area contributed by atoms with Crippen LogP contribution in [0.2, 0.25) is 0 Å². The van der Waals surface area contributed by atoms with E-state index in [1.54, 1.807) is 6.07 Å². The van der Waals surface area contributed by atoms with Gasteiger partial charge < -0.3 is 10.4 Å². The van der Waals surface area contributed by atoms with Gasteiger partial charge in [-0.15, -0.1) is 0 Å². The number of nitrogens with zero attached hydrogens (tertiary/aromatic N) is 3. The van der Waals surface area contributed by atoms with E-state index in [1.165, 1.54) is 24.3 Å². The number of benzene rings is 2. The van der Waals surface area contributed by atoms with Crippen molar-refractivity contribution < 1.29 is 19.7 Å². The predicted molar refractivity (Wildman–Crippen MR) is 98.7 cm³/mol. The molecule has 1 fully saturated rings. The Balaban J connectivity index is 1.93. The Hall–Kier alpha value is -3.73. The van der Waals surface area contributed by atoms with Crippen LogP contribution in [0.15, 0.2) is 52.4 Å². The lowest BCUT2D eigenvalue weighted by molar-refractivity contribution is -0.384. The average molecular weight is 386 g/mol. The van der Waals surface area contributed by atoms with Crippen LogP contribution in [0.4, 0.5) is 17.1 Å². The van der Waals surface area contributed by atoms with E-state index in [2.05, 4.69) is 10.3 Å². The Kier molecular flexibility index (Phi) is 4.86. The summed E-state index contributed by atoms with van der Waals surface area (Å²) in [4.78, 5) is 37.0. The summed E-state index contributed by atoms with van der Waals surface area (Å²) in [7, 11) is 0. The average Bonchev–Trinajstić information content (AvgIpc) is 2.96. The zero-order chi connectivity index (χ0) is 19.6. The van der Waals surface area contributed by atoms with Crippen LogP contribution in [0.1, 0.15) is 5.56 Å². The summed E-state index contributed by atoms with van der Waals surface area (Å²) >= 11 is 0.899. The molecule has 11 heteroatoms. The number of aliphatic imine (C=N–C) groups is 1. The lowest BCUT2D eigenvalue weighted by atomic mass is 10.1. The summed E-state index contributed by atoms with van der Waals surface area (Å²) in [6.07, 6.45) is 1.28. The van der Waals surface area contributed by atoms with Crippen LogP contribution >= 0.6 is 11.8 Å². The molecule has 1 saturated heterocycles. The molecular weight excluding hydrogens is 376 g/mol. The number of amidine groups is 1. The molecule has 0 spiro atoms. The lowest BCUT2D eigenvalue weighted by Gasteiger charge is -2.00. The molecule has 1 aliphatic rings. The van der Waals surface area contributed by atoms with Gasteiger partial charge >= 0.3 is 0 Å². The molecule has 1 heterocycles. The molecule has 2 aromatic carbocycles. The van der Waals surface area contributed by atoms with Crippen molar-refractivity contribution in [3.8, 4) is 5.75 Å². The third kappa shape index (κ3) is 3.93. The molecule has 3 rings (SSSR count). The first kappa shape index (κ1) is 18.1. The number of amides is 1. The first-order chi connectivity index (χ1) is 12.8. The summed E-state index contributed by atoms with van der Waals surface area (Å²) in [6, 6.07) is 9.23. The van der Waals surface area contributed by atoms with Gasteiger partial charge in [0.05, 0.1) is 14.8 Å². The van der Waals surface area contributed by atoms with Crippen molar-refractivity contribution in [3.05, 3.63) is 73.2 Å². The number of para-hydroxylation sites is 2.